The predicted molar refractivity (Wildman–Crippen MR) is 117 cm³/mol. The fraction of sp³-hybridized carbons (Fsp3) is 0.240. The van der Waals surface area contributed by atoms with E-state index in [1.54, 1.807) is 24.3 Å². The number of carbonyl (C=O) groups is 1. The molecule has 2 N–H and O–H groups in total. The molecule has 0 unspecified atom stereocenters. The van der Waals surface area contributed by atoms with Gasteiger partial charge in [-0.1, -0.05) is 36.4 Å². The van der Waals surface area contributed by atoms with Crippen molar-refractivity contribution in [2.75, 3.05) is 25.0 Å². The number of nitrogens with one attached hydrogen (secondary N) is 1. The van der Waals surface area contributed by atoms with E-state index in [9.17, 15) is 18.0 Å². The molecule has 3 aromatic rings. The first-order chi connectivity index (χ1) is 15.3. The lowest BCUT2D eigenvalue weighted by Crippen LogP contribution is -2.32. The van der Waals surface area contributed by atoms with Gasteiger partial charge in [0.1, 0.15) is 0 Å². The summed E-state index contributed by atoms with van der Waals surface area (Å²) < 4.78 is 38.6. The van der Waals surface area contributed by atoms with Crippen molar-refractivity contribution < 1.29 is 23.1 Å². The van der Waals surface area contributed by atoms with Crippen LogP contribution in [0.15, 0.2) is 66.7 Å². The van der Waals surface area contributed by atoms with Crippen LogP contribution in [0.25, 0.3) is 11.1 Å². The van der Waals surface area contributed by atoms with Crippen LogP contribution in [0.3, 0.4) is 0 Å². The SMILES string of the molecule is O=C(Nc1ccc2c(c1)CCN(CCO)C2)c1ccccc1-c1ccc(C(F)(F)F)cc1. The van der Waals surface area contributed by atoms with Crippen molar-refractivity contribution in [2.24, 2.45) is 0 Å². The Hall–Kier alpha value is -3.16. The third-order valence-corrected chi connectivity index (χ3v) is 5.67. The van der Waals surface area contributed by atoms with E-state index < -0.39 is 11.7 Å². The zero-order chi connectivity index (χ0) is 22.7. The van der Waals surface area contributed by atoms with Gasteiger partial charge in [0.15, 0.2) is 0 Å². The number of anilines is 1. The van der Waals surface area contributed by atoms with Crippen LogP contribution in [0, 0.1) is 0 Å². The molecule has 7 heteroatoms. The topological polar surface area (TPSA) is 52.6 Å². The normalized spacial score (nSPS) is 14.1. The largest absolute Gasteiger partial charge is 0.416 e. The molecule has 0 saturated heterocycles. The minimum Gasteiger partial charge on any atom is -0.395 e. The van der Waals surface area contributed by atoms with Crippen LogP contribution in [0.4, 0.5) is 18.9 Å². The number of benzene rings is 3. The Morgan fingerprint density at radius 1 is 1.00 bits per heavy atom. The first kappa shape index (κ1) is 22.0. The maximum absolute atomic E-state index is 13.0. The monoisotopic (exact) mass is 440 g/mol. The number of hydrogen-bond acceptors (Lipinski definition) is 3. The highest BCUT2D eigenvalue weighted by atomic mass is 19.4. The van der Waals surface area contributed by atoms with Crippen LogP contribution >= 0.6 is 0 Å². The van der Waals surface area contributed by atoms with E-state index in [1.165, 1.54) is 17.7 Å². The Kier molecular flexibility index (Phi) is 6.30. The lowest BCUT2D eigenvalue weighted by atomic mass is 9.97. The Balaban J connectivity index is 1.54. The Morgan fingerprint density at radius 2 is 1.75 bits per heavy atom. The number of carbonyl (C=O) groups excluding carboxylic acids is 1. The number of fused-ring (bicyclic) bond motifs is 1. The molecule has 0 saturated carbocycles. The van der Waals surface area contributed by atoms with Crippen LogP contribution in [-0.4, -0.2) is 35.6 Å². The Bertz CT molecular complexity index is 1110. The Morgan fingerprint density at radius 3 is 2.47 bits per heavy atom. The molecule has 0 bridgehead atoms. The van der Waals surface area contributed by atoms with E-state index in [0.29, 0.717) is 28.9 Å². The van der Waals surface area contributed by atoms with Crippen molar-refractivity contribution in [3.63, 3.8) is 0 Å². The van der Waals surface area contributed by atoms with Gasteiger partial charge in [0, 0.05) is 30.9 Å². The van der Waals surface area contributed by atoms with E-state index in [4.69, 9.17) is 5.11 Å². The van der Waals surface area contributed by atoms with Crippen LogP contribution in [0.1, 0.15) is 27.0 Å². The quantitative estimate of drug-likeness (QED) is 0.589. The predicted octanol–water partition coefficient (Wildman–Crippen LogP) is 4.98. The molecule has 0 radical (unpaired) electrons. The van der Waals surface area contributed by atoms with Crippen LogP contribution in [0.5, 0.6) is 0 Å². The molecule has 1 aliphatic rings. The van der Waals surface area contributed by atoms with Crippen molar-refractivity contribution in [1.82, 2.24) is 4.90 Å². The summed E-state index contributed by atoms with van der Waals surface area (Å²) in [5.41, 5.74) is 3.77. The number of hydrogen-bond donors (Lipinski definition) is 2. The summed E-state index contributed by atoms with van der Waals surface area (Å²) in [5, 5.41) is 12.1. The molecule has 1 aliphatic heterocycles. The first-order valence-corrected chi connectivity index (χ1v) is 10.4. The first-order valence-electron chi connectivity index (χ1n) is 10.4. The third-order valence-electron chi connectivity index (χ3n) is 5.67. The number of halogens is 3. The molecule has 0 fully saturated rings. The lowest BCUT2D eigenvalue weighted by Gasteiger charge is -2.28. The van der Waals surface area contributed by atoms with Crippen molar-refractivity contribution >= 4 is 11.6 Å². The second-order valence-electron chi connectivity index (χ2n) is 7.81. The second-order valence-corrected chi connectivity index (χ2v) is 7.81. The summed E-state index contributed by atoms with van der Waals surface area (Å²) >= 11 is 0. The molecule has 4 rings (SSSR count). The minimum atomic E-state index is -4.41. The summed E-state index contributed by atoms with van der Waals surface area (Å²) in [4.78, 5) is 15.2. The highest BCUT2D eigenvalue weighted by Crippen LogP contribution is 2.32. The van der Waals surface area contributed by atoms with Gasteiger partial charge in [0.05, 0.1) is 12.2 Å². The molecule has 1 amide bonds. The van der Waals surface area contributed by atoms with Crippen LogP contribution in [-0.2, 0) is 19.1 Å². The van der Waals surface area contributed by atoms with E-state index in [1.807, 2.05) is 18.2 Å². The van der Waals surface area contributed by atoms with Crippen molar-refractivity contribution in [3.05, 3.63) is 89.0 Å². The number of alkyl halides is 3. The maximum atomic E-state index is 13.0. The van der Waals surface area contributed by atoms with E-state index >= 15 is 0 Å². The van der Waals surface area contributed by atoms with Crippen LogP contribution < -0.4 is 5.32 Å². The molecule has 166 valence electrons. The summed E-state index contributed by atoms with van der Waals surface area (Å²) in [6, 6.07) is 17.5. The molecule has 0 aliphatic carbocycles. The number of β-amino-alcohol motifs (C(OH)–C–C–N with tert-alkyl or cyclic N) is 1. The zero-order valence-electron chi connectivity index (χ0n) is 17.3. The molecule has 32 heavy (non-hydrogen) atoms. The number of aliphatic hydroxyl groups is 1. The highest BCUT2D eigenvalue weighted by Gasteiger charge is 2.30. The van der Waals surface area contributed by atoms with Crippen molar-refractivity contribution in [3.8, 4) is 11.1 Å². The van der Waals surface area contributed by atoms with Gasteiger partial charge in [-0.15, -0.1) is 0 Å². The smallest absolute Gasteiger partial charge is 0.395 e. The molecular weight excluding hydrogens is 417 g/mol. The third kappa shape index (κ3) is 4.84. The standard InChI is InChI=1S/C25H23F3N2O2/c26-25(27,28)20-8-5-17(6-9-20)22-3-1-2-4-23(22)24(32)29-21-10-7-19-16-30(13-14-31)12-11-18(19)15-21/h1-10,15,31H,11-14,16H2,(H,29,32). The van der Waals surface area contributed by atoms with E-state index in [0.717, 1.165) is 37.2 Å². The Labute approximate surface area is 184 Å². The van der Waals surface area contributed by atoms with Gasteiger partial charge in [0.25, 0.3) is 5.91 Å². The van der Waals surface area contributed by atoms with Crippen LogP contribution in [0.2, 0.25) is 0 Å². The molecular formula is C25H23F3N2O2. The fourth-order valence-electron chi connectivity index (χ4n) is 3.99. The van der Waals surface area contributed by atoms with Crippen molar-refractivity contribution in [2.45, 2.75) is 19.1 Å². The molecule has 1 heterocycles. The van der Waals surface area contributed by atoms with Gasteiger partial charge in [-0.05, 0) is 59.0 Å². The molecule has 0 atom stereocenters. The van der Waals surface area contributed by atoms with Gasteiger partial charge in [-0.2, -0.15) is 13.2 Å². The fourth-order valence-corrected chi connectivity index (χ4v) is 3.99. The average Bonchev–Trinajstić information content (AvgIpc) is 2.79. The molecule has 4 nitrogen and oxygen atoms in total. The van der Waals surface area contributed by atoms with Crippen molar-refractivity contribution in [1.29, 1.82) is 0 Å². The highest BCUT2D eigenvalue weighted by molar-refractivity contribution is 6.08. The zero-order valence-corrected chi connectivity index (χ0v) is 17.3. The molecule has 0 spiro atoms. The van der Waals surface area contributed by atoms with E-state index in [-0.39, 0.29) is 12.5 Å². The number of nitrogens with zero attached hydrogens (tertiary/aromatic N) is 1. The summed E-state index contributed by atoms with van der Waals surface area (Å²) in [6.07, 6.45) is -3.57. The number of aliphatic hydroxyl groups excluding tert-OH is 1. The molecule has 0 aromatic heterocycles. The maximum Gasteiger partial charge on any atom is 0.416 e. The van der Waals surface area contributed by atoms with Gasteiger partial charge in [0.2, 0.25) is 0 Å². The summed E-state index contributed by atoms with van der Waals surface area (Å²) in [6.45, 7) is 2.38. The minimum absolute atomic E-state index is 0.127. The summed E-state index contributed by atoms with van der Waals surface area (Å²) in [7, 11) is 0. The average molecular weight is 440 g/mol. The second kappa shape index (κ2) is 9.14. The van der Waals surface area contributed by atoms with Gasteiger partial charge in [-0.3, -0.25) is 9.69 Å². The lowest BCUT2D eigenvalue weighted by molar-refractivity contribution is -0.137. The van der Waals surface area contributed by atoms with E-state index in [2.05, 4.69) is 10.2 Å². The number of rotatable bonds is 5. The summed E-state index contributed by atoms with van der Waals surface area (Å²) in [5.74, 6) is -0.321. The van der Waals surface area contributed by atoms with Gasteiger partial charge < -0.3 is 10.4 Å². The van der Waals surface area contributed by atoms with Gasteiger partial charge >= 0.3 is 6.18 Å². The molecule has 3 aromatic carbocycles. The van der Waals surface area contributed by atoms with Gasteiger partial charge in [-0.25, -0.2) is 0 Å². The number of amides is 1.